The maximum atomic E-state index is 12.9. The van der Waals surface area contributed by atoms with Crippen LogP contribution in [0.4, 0.5) is 5.69 Å². The fourth-order valence-electron chi connectivity index (χ4n) is 4.54. The molecule has 0 aliphatic carbocycles. The second-order valence-corrected chi connectivity index (χ2v) is 8.48. The Morgan fingerprint density at radius 1 is 1.03 bits per heavy atom. The van der Waals surface area contributed by atoms with Gasteiger partial charge in [-0.05, 0) is 49.9 Å². The summed E-state index contributed by atoms with van der Waals surface area (Å²) in [5.41, 5.74) is 1.91. The number of likely N-dealkylation sites (tertiary alicyclic amines) is 1. The summed E-state index contributed by atoms with van der Waals surface area (Å²) < 4.78 is 2.02. The van der Waals surface area contributed by atoms with E-state index < -0.39 is 0 Å². The van der Waals surface area contributed by atoms with Crippen LogP contribution in [0.5, 0.6) is 0 Å². The van der Waals surface area contributed by atoms with Crippen molar-refractivity contribution in [3.05, 3.63) is 72.8 Å². The van der Waals surface area contributed by atoms with Gasteiger partial charge in [-0.15, -0.1) is 10.2 Å². The molecular formula is C26H31N5O2. The van der Waals surface area contributed by atoms with Gasteiger partial charge < -0.3 is 9.80 Å². The number of carbonyl (C=O) groups is 2. The van der Waals surface area contributed by atoms with Gasteiger partial charge in [0, 0.05) is 50.3 Å². The number of hydrogen-bond donors (Lipinski definition) is 0. The van der Waals surface area contributed by atoms with Crippen LogP contribution in [0.1, 0.15) is 38.4 Å². The number of amides is 2. The van der Waals surface area contributed by atoms with Crippen molar-refractivity contribution in [2.75, 3.05) is 24.5 Å². The Morgan fingerprint density at radius 3 is 2.48 bits per heavy atom. The largest absolute Gasteiger partial charge is 0.342 e. The Morgan fingerprint density at radius 2 is 1.76 bits per heavy atom. The molecule has 1 atom stereocenters. The molecule has 0 spiro atoms. The molecule has 2 aromatic carbocycles. The highest BCUT2D eigenvalue weighted by Gasteiger charge is 2.26. The maximum Gasteiger partial charge on any atom is 0.227 e. The molecule has 0 saturated carbocycles. The van der Waals surface area contributed by atoms with Gasteiger partial charge in [-0.25, -0.2) is 0 Å². The number of anilines is 1. The van der Waals surface area contributed by atoms with Crippen molar-refractivity contribution in [2.24, 2.45) is 5.92 Å². The van der Waals surface area contributed by atoms with E-state index in [1.807, 2.05) is 77.1 Å². The third kappa shape index (κ3) is 5.66. The molecule has 1 saturated heterocycles. The number of carbonyl (C=O) groups excluding carboxylic acids is 2. The topological polar surface area (TPSA) is 71.3 Å². The van der Waals surface area contributed by atoms with E-state index in [0.717, 1.165) is 43.0 Å². The van der Waals surface area contributed by atoms with Crippen LogP contribution in [0.2, 0.25) is 0 Å². The summed E-state index contributed by atoms with van der Waals surface area (Å²) in [7, 11) is 0. The van der Waals surface area contributed by atoms with Gasteiger partial charge in [0.15, 0.2) is 0 Å². The zero-order valence-corrected chi connectivity index (χ0v) is 19.1. The van der Waals surface area contributed by atoms with Crippen LogP contribution in [0, 0.1) is 5.92 Å². The number of rotatable bonds is 8. The lowest BCUT2D eigenvalue weighted by Gasteiger charge is -2.33. The van der Waals surface area contributed by atoms with Crippen LogP contribution in [-0.4, -0.2) is 51.1 Å². The third-order valence-electron chi connectivity index (χ3n) is 6.23. The Labute approximate surface area is 195 Å². The van der Waals surface area contributed by atoms with Crippen molar-refractivity contribution in [2.45, 2.75) is 39.0 Å². The highest BCUT2D eigenvalue weighted by Crippen LogP contribution is 2.22. The Kier molecular flexibility index (Phi) is 7.50. The van der Waals surface area contributed by atoms with E-state index in [2.05, 4.69) is 10.2 Å². The van der Waals surface area contributed by atoms with Crippen molar-refractivity contribution in [3.8, 4) is 5.69 Å². The first-order valence-corrected chi connectivity index (χ1v) is 11.7. The molecule has 0 bridgehead atoms. The van der Waals surface area contributed by atoms with E-state index in [4.69, 9.17) is 0 Å². The molecule has 172 valence electrons. The Balaban J connectivity index is 1.32. The molecule has 0 N–H and O–H groups in total. The van der Waals surface area contributed by atoms with Gasteiger partial charge in [-0.1, -0.05) is 36.4 Å². The number of hydrogen-bond acceptors (Lipinski definition) is 4. The van der Waals surface area contributed by atoms with Crippen LogP contribution in [-0.2, 0) is 16.0 Å². The molecule has 3 aromatic rings. The summed E-state index contributed by atoms with van der Waals surface area (Å²) in [4.78, 5) is 29.3. The minimum Gasteiger partial charge on any atom is -0.342 e. The summed E-state index contributed by atoms with van der Waals surface area (Å²) in [5, 5.41) is 8.44. The summed E-state index contributed by atoms with van der Waals surface area (Å²) in [6.07, 6.45) is 5.01. The first-order valence-electron chi connectivity index (χ1n) is 11.7. The molecule has 1 fully saturated rings. The Hall–Kier alpha value is -3.48. The number of nitrogens with zero attached hydrogens (tertiary/aromatic N) is 5. The van der Waals surface area contributed by atoms with Gasteiger partial charge in [-0.2, -0.15) is 0 Å². The normalized spacial score (nSPS) is 15.9. The first kappa shape index (κ1) is 22.7. The zero-order valence-electron chi connectivity index (χ0n) is 19.1. The molecule has 1 aliphatic rings. The predicted octanol–water partition coefficient (Wildman–Crippen LogP) is 3.88. The van der Waals surface area contributed by atoms with E-state index in [9.17, 15) is 9.59 Å². The van der Waals surface area contributed by atoms with Crippen molar-refractivity contribution in [3.63, 3.8) is 0 Å². The monoisotopic (exact) mass is 445 g/mol. The van der Waals surface area contributed by atoms with E-state index >= 15 is 0 Å². The summed E-state index contributed by atoms with van der Waals surface area (Å²) in [6.45, 7) is 4.00. The lowest BCUT2D eigenvalue weighted by Crippen LogP contribution is -2.41. The smallest absolute Gasteiger partial charge is 0.227 e. The van der Waals surface area contributed by atoms with Gasteiger partial charge in [0.2, 0.25) is 11.8 Å². The van der Waals surface area contributed by atoms with E-state index in [1.54, 1.807) is 11.2 Å². The van der Waals surface area contributed by atoms with Gasteiger partial charge in [-0.3, -0.25) is 14.2 Å². The average Bonchev–Trinajstić information content (AvgIpc) is 3.32. The van der Waals surface area contributed by atoms with E-state index in [-0.39, 0.29) is 24.7 Å². The SMILES string of the molecule is CCN(C(=O)CCC(=O)N1CCCC(Cc2nncn2-c2ccccc2)C1)c1ccccc1. The molecule has 1 aromatic heterocycles. The molecule has 2 amide bonds. The second-order valence-electron chi connectivity index (χ2n) is 8.48. The standard InChI is InChI=1S/C26H31N5O2/c1-2-30(22-11-5-3-6-12-22)26(33)16-15-25(32)29-17-9-10-21(19-29)18-24-28-27-20-31(24)23-13-7-4-8-14-23/h3-8,11-14,20-21H,2,9-10,15-19H2,1H3. The molecule has 33 heavy (non-hydrogen) atoms. The highest BCUT2D eigenvalue weighted by atomic mass is 16.2. The molecule has 0 radical (unpaired) electrons. The number of aromatic nitrogens is 3. The van der Waals surface area contributed by atoms with E-state index in [0.29, 0.717) is 19.0 Å². The van der Waals surface area contributed by atoms with Crippen LogP contribution in [0.3, 0.4) is 0 Å². The summed E-state index contributed by atoms with van der Waals surface area (Å²) in [5.74, 6) is 1.29. The van der Waals surface area contributed by atoms with Crippen LogP contribution in [0.15, 0.2) is 67.0 Å². The zero-order chi connectivity index (χ0) is 23.0. The summed E-state index contributed by atoms with van der Waals surface area (Å²) in [6, 6.07) is 19.7. The predicted molar refractivity (Wildman–Crippen MR) is 128 cm³/mol. The quantitative estimate of drug-likeness (QED) is 0.528. The van der Waals surface area contributed by atoms with Crippen molar-refractivity contribution >= 4 is 17.5 Å². The van der Waals surface area contributed by atoms with Gasteiger partial charge >= 0.3 is 0 Å². The minimum atomic E-state index is -0.0124. The minimum absolute atomic E-state index is 0.0124. The Bertz CT molecular complexity index is 1050. The lowest BCUT2D eigenvalue weighted by atomic mass is 9.94. The van der Waals surface area contributed by atoms with E-state index in [1.165, 1.54) is 0 Å². The molecule has 1 unspecified atom stereocenters. The fourth-order valence-corrected chi connectivity index (χ4v) is 4.54. The molecule has 7 nitrogen and oxygen atoms in total. The maximum absolute atomic E-state index is 12.9. The van der Waals surface area contributed by atoms with Crippen LogP contribution >= 0.6 is 0 Å². The molecule has 4 rings (SSSR count). The van der Waals surface area contributed by atoms with Gasteiger partial charge in [0.05, 0.1) is 0 Å². The van der Waals surface area contributed by atoms with Gasteiger partial charge in [0.1, 0.15) is 12.2 Å². The fraction of sp³-hybridized carbons (Fsp3) is 0.385. The average molecular weight is 446 g/mol. The number of para-hydroxylation sites is 2. The van der Waals surface area contributed by atoms with Gasteiger partial charge in [0.25, 0.3) is 0 Å². The molecule has 1 aliphatic heterocycles. The van der Waals surface area contributed by atoms with Crippen LogP contribution < -0.4 is 4.90 Å². The molecule has 7 heteroatoms. The molecule has 2 heterocycles. The number of benzene rings is 2. The van der Waals surface area contributed by atoms with Crippen molar-refractivity contribution < 1.29 is 9.59 Å². The third-order valence-corrected chi connectivity index (χ3v) is 6.23. The first-order chi connectivity index (χ1) is 16.2. The molecular weight excluding hydrogens is 414 g/mol. The van der Waals surface area contributed by atoms with Crippen LogP contribution in [0.25, 0.3) is 5.69 Å². The number of piperidine rings is 1. The van der Waals surface area contributed by atoms with Crippen molar-refractivity contribution in [1.29, 1.82) is 0 Å². The summed E-state index contributed by atoms with van der Waals surface area (Å²) >= 11 is 0. The highest BCUT2D eigenvalue weighted by molar-refractivity contribution is 5.95. The second kappa shape index (κ2) is 10.9. The van der Waals surface area contributed by atoms with Crippen molar-refractivity contribution in [1.82, 2.24) is 19.7 Å². The lowest BCUT2D eigenvalue weighted by molar-refractivity contribution is -0.134.